The van der Waals surface area contributed by atoms with Crippen LogP contribution >= 0.6 is 12.4 Å². The molecular formula is C11H22ClNO2. The van der Waals surface area contributed by atoms with Crippen molar-refractivity contribution in [3.63, 3.8) is 0 Å². The molecule has 1 heterocycles. The van der Waals surface area contributed by atoms with Crippen LogP contribution in [-0.4, -0.2) is 25.7 Å². The van der Waals surface area contributed by atoms with Crippen molar-refractivity contribution >= 4 is 18.4 Å². The molecule has 0 spiro atoms. The molecule has 1 fully saturated rings. The molecular weight excluding hydrogens is 214 g/mol. The molecule has 4 heteroatoms. The van der Waals surface area contributed by atoms with Crippen molar-refractivity contribution < 1.29 is 9.53 Å². The van der Waals surface area contributed by atoms with E-state index >= 15 is 0 Å². The van der Waals surface area contributed by atoms with Crippen LogP contribution < -0.4 is 5.32 Å². The minimum Gasteiger partial charge on any atom is -0.468 e. The van der Waals surface area contributed by atoms with E-state index in [0.29, 0.717) is 5.92 Å². The van der Waals surface area contributed by atoms with Crippen LogP contribution in [0.1, 0.15) is 33.6 Å². The van der Waals surface area contributed by atoms with E-state index in [4.69, 9.17) is 4.74 Å². The highest BCUT2D eigenvalue weighted by atomic mass is 35.5. The third-order valence-electron chi connectivity index (χ3n) is 3.11. The number of nitrogens with one attached hydrogen (secondary N) is 1. The predicted octanol–water partition coefficient (Wildman–Crippen LogP) is 2.00. The molecule has 15 heavy (non-hydrogen) atoms. The Kier molecular flexibility index (Phi) is 5.60. The Labute approximate surface area is 98.4 Å². The van der Waals surface area contributed by atoms with Crippen LogP contribution in [-0.2, 0) is 9.53 Å². The van der Waals surface area contributed by atoms with Crippen molar-refractivity contribution in [2.45, 2.75) is 39.7 Å². The van der Waals surface area contributed by atoms with Crippen LogP contribution in [0.15, 0.2) is 0 Å². The lowest BCUT2D eigenvalue weighted by molar-refractivity contribution is -0.144. The maximum atomic E-state index is 11.4. The van der Waals surface area contributed by atoms with Gasteiger partial charge in [0.1, 0.15) is 6.04 Å². The molecule has 1 aliphatic rings. The number of carbonyl (C=O) groups excluding carboxylic acids is 1. The van der Waals surface area contributed by atoms with Crippen LogP contribution in [0.4, 0.5) is 0 Å². The molecule has 90 valence electrons. The first-order chi connectivity index (χ1) is 6.45. The number of carbonyl (C=O) groups is 1. The summed E-state index contributed by atoms with van der Waals surface area (Å²) in [6.45, 7) is 7.62. The van der Waals surface area contributed by atoms with Gasteiger partial charge in [-0.25, -0.2) is 0 Å². The fourth-order valence-electron chi connectivity index (χ4n) is 2.03. The van der Waals surface area contributed by atoms with Gasteiger partial charge >= 0.3 is 5.97 Å². The van der Waals surface area contributed by atoms with E-state index in [2.05, 4.69) is 26.1 Å². The van der Waals surface area contributed by atoms with Crippen LogP contribution in [0.5, 0.6) is 0 Å². The topological polar surface area (TPSA) is 38.3 Å². The number of hydrogen-bond acceptors (Lipinski definition) is 3. The molecule has 0 aromatic heterocycles. The summed E-state index contributed by atoms with van der Waals surface area (Å²) in [5.41, 5.74) is 0.286. The molecule has 2 atom stereocenters. The second kappa shape index (κ2) is 5.71. The Hall–Kier alpha value is -0.280. The standard InChI is InChI=1S/C11H21NO2.ClH/c1-11(2,3)8-5-6-12-9(7-8)10(13)14-4;/h8-9,12H,5-7H2,1-4H3;1H/t8-,9+;/m1./s1. The second-order valence-corrected chi connectivity index (χ2v) is 5.12. The smallest absolute Gasteiger partial charge is 0.322 e. The molecule has 1 saturated heterocycles. The molecule has 0 radical (unpaired) electrons. The van der Waals surface area contributed by atoms with Gasteiger partial charge in [0.05, 0.1) is 7.11 Å². The number of rotatable bonds is 1. The monoisotopic (exact) mass is 235 g/mol. The molecule has 3 nitrogen and oxygen atoms in total. The van der Waals surface area contributed by atoms with Gasteiger partial charge in [-0.3, -0.25) is 4.79 Å². The molecule has 0 aromatic carbocycles. The Morgan fingerprint density at radius 3 is 2.47 bits per heavy atom. The average Bonchev–Trinajstić information content (AvgIpc) is 2.15. The largest absolute Gasteiger partial charge is 0.468 e. The highest BCUT2D eigenvalue weighted by Gasteiger charge is 2.33. The Balaban J connectivity index is 0.00000196. The zero-order valence-electron chi connectivity index (χ0n) is 10.0. The lowest BCUT2D eigenvalue weighted by Gasteiger charge is -2.37. The number of ether oxygens (including phenoxy) is 1. The lowest BCUT2D eigenvalue weighted by Crippen LogP contribution is -2.46. The van der Waals surface area contributed by atoms with Crippen LogP contribution in [0.3, 0.4) is 0 Å². The predicted molar refractivity (Wildman–Crippen MR) is 63.2 cm³/mol. The normalized spacial score (nSPS) is 26.7. The van der Waals surface area contributed by atoms with Crippen LogP contribution in [0, 0.1) is 11.3 Å². The van der Waals surface area contributed by atoms with E-state index in [0.717, 1.165) is 19.4 Å². The fraction of sp³-hybridized carbons (Fsp3) is 0.909. The first kappa shape index (κ1) is 14.7. The minimum atomic E-state index is -0.126. The van der Waals surface area contributed by atoms with Crippen molar-refractivity contribution in [1.29, 1.82) is 0 Å². The summed E-state index contributed by atoms with van der Waals surface area (Å²) in [6.07, 6.45) is 2.05. The van der Waals surface area contributed by atoms with Crippen LogP contribution in [0.25, 0.3) is 0 Å². The van der Waals surface area contributed by atoms with Gasteiger partial charge in [-0.05, 0) is 30.7 Å². The molecule has 1 N–H and O–H groups in total. The van der Waals surface area contributed by atoms with Gasteiger partial charge in [-0.1, -0.05) is 20.8 Å². The van der Waals surface area contributed by atoms with Crippen molar-refractivity contribution in [1.82, 2.24) is 5.32 Å². The number of esters is 1. The zero-order valence-corrected chi connectivity index (χ0v) is 10.8. The van der Waals surface area contributed by atoms with Crippen molar-refractivity contribution in [3.05, 3.63) is 0 Å². The summed E-state index contributed by atoms with van der Waals surface area (Å²) in [6, 6.07) is -0.0991. The third-order valence-corrected chi connectivity index (χ3v) is 3.11. The Morgan fingerprint density at radius 1 is 1.40 bits per heavy atom. The van der Waals surface area contributed by atoms with E-state index in [1.165, 1.54) is 7.11 Å². The molecule has 0 bridgehead atoms. The fourth-order valence-corrected chi connectivity index (χ4v) is 2.03. The number of hydrogen-bond donors (Lipinski definition) is 1. The SMILES string of the molecule is COC(=O)[C@@H]1C[C@H](C(C)(C)C)CCN1.Cl. The highest BCUT2D eigenvalue weighted by Crippen LogP contribution is 2.34. The summed E-state index contributed by atoms with van der Waals surface area (Å²) < 4.78 is 4.75. The Bertz CT molecular complexity index is 213. The summed E-state index contributed by atoms with van der Waals surface area (Å²) >= 11 is 0. The third kappa shape index (κ3) is 3.99. The lowest BCUT2D eigenvalue weighted by atomic mass is 9.74. The first-order valence-electron chi connectivity index (χ1n) is 5.26. The summed E-state index contributed by atoms with van der Waals surface area (Å²) in [5, 5.41) is 3.20. The minimum absolute atomic E-state index is 0. The summed E-state index contributed by atoms with van der Waals surface area (Å²) in [5.74, 6) is 0.479. The number of halogens is 1. The van der Waals surface area contributed by atoms with E-state index in [1.807, 2.05) is 0 Å². The van der Waals surface area contributed by atoms with Gasteiger partial charge in [-0.15, -0.1) is 12.4 Å². The van der Waals surface area contributed by atoms with E-state index in [1.54, 1.807) is 0 Å². The zero-order chi connectivity index (χ0) is 10.8. The van der Waals surface area contributed by atoms with Crippen molar-refractivity contribution in [2.75, 3.05) is 13.7 Å². The Morgan fingerprint density at radius 2 is 2.00 bits per heavy atom. The van der Waals surface area contributed by atoms with Gasteiger partial charge in [0.25, 0.3) is 0 Å². The van der Waals surface area contributed by atoms with E-state index in [-0.39, 0.29) is 29.8 Å². The molecule has 1 aliphatic heterocycles. The molecule has 0 saturated carbocycles. The van der Waals surface area contributed by atoms with Gasteiger partial charge < -0.3 is 10.1 Å². The molecule has 1 rings (SSSR count). The number of methoxy groups -OCH3 is 1. The maximum Gasteiger partial charge on any atom is 0.322 e. The molecule has 0 aromatic rings. The van der Waals surface area contributed by atoms with Gasteiger partial charge in [0, 0.05) is 0 Å². The highest BCUT2D eigenvalue weighted by molar-refractivity contribution is 5.85. The van der Waals surface area contributed by atoms with E-state index < -0.39 is 0 Å². The summed E-state index contributed by atoms with van der Waals surface area (Å²) in [4.78, 5) is 11.4. The maximum absolute atomic E-state index is 11.4. The molecule has 0 unspecified atom stereocenters. The van der Waals surface area contributed by atoms with Gasteiger partial charge in [-0.2, -0.15) is 0 Å². The quantitative estimate of drug-likeness (QED) is 0.707. The van der Waals surface area contributed by atoms with Gasteiger partial charge in [0.15, 0.2) is 0 Å². The molecule has 0 aliphatic carbocycles. The van der Waals surface area contributed by atoms with E-state index in [9.17, 15) is 4.79 Å². The van der Waals surface area contributed by atoms with Crippen molar-refractivity contribution in [2.24, 2.45) is 11.3 Å². The van der Waals surface area contributed by atoms with Crippen LogP contribution in [0.2, 0.25) is 0 Å². The average molecular weight is 236 g/mol. The summed E-state index contributed by atoms with van der Waals surface area (Å²) in [7, 11) is 1.45. The van der Waals surface area contributed by atoms with Crippen molar-refractivity contribution in [3.8, 4) is 0 Å². The first-order valence-corrected chi connectivity index (χ1v) is 5.26. The number of piperidine rings is 1. The second-order valence-electron chi connectivity index (χ2n) is 5.12. The molecule has 0 amide bonds. The van der Waals surface area contributed by atoms with Gasteiger partial charge in [0.2, 0.25) is 0 Å².